The van der Waals surface area contributed by atoms with Gasteiger partial charge in [0, 0.05) is 42.2 Å². The van der Waals surface area contributed by atoms with Crippen molar-refractivity contribution in [2.45, 2.75) is 19.4 Å². The van der Waals surface area contributed by atoms with Crippen LogP contribution in [0.2, 0.25) is 0 Å². The molecule has 0 radical (unpaired) electrons. The zero-order valence-corrected chi connectivity index (χ0v) is 13.4. The first-order chi connectivity index (χ1) is 11.7. The Bertz CT molecular complexity index is 798. The molecule has 1 atom stereocenters. The van der Waals surface area contributed by atoms with Gasteiger partial charge in [0.1, 0.15) is 0 Å². The smallest absolute Gasteiger partial charge is 0.226 e. The maximum absolute atomic E-state index is 11.9. The first-order valence-electron chi connectivity index (χ1n) is 7.73. The number of aromatic nitrogens is 1. The summed E-state index contributed by atoms with van der Waals surface area (Å²) in [6.07, 6.45) is 7.00. The molecule has 0 fully saturated rings. The van der Waals surface area contributed by atoms with Gasteiger partial charge >= 0.3 is 0 Å². The van der Waals surface area contributed by atoms with Gasteiger partial charge in [-0.2, -0.15) is 0 Å². The standard InChI is InChI=1S/C18H19N5O/c1-12-8-17(24)23-16-6-2-5-15(18(16)22-12)13(9-19)10-21-14-4-3-7-20-11-14/h2-7,9-12,22H,8,19H2,1H3,(H,23,24)/b13-9+,21-10?/t12-/m1/s1. The third kappa shape index (κ3) is 3.43. The van der Waals surface area contributed by atoms with Crippen LogP contribution in [0.1, 0.15) is 18.9 Å². The number of carbonyl (C=O) groups is 1. The number of para-hydroxylation sites is 1. The molecule has 1 amide bonds. The van der Waals surface area contributed by atoms with Crippen LogP contribution in [0.15, 0.2) is 53.9 Å². The van der Waals surface area contributed by atoms with Crippen LogP contribution in [0, 0.1) is 0 Å². The fourth-order valence-corrected chi connectivity index (χ4v) is 2.61. The molecule has 4 N–H and O–H groups in total. The molecule has 0 saturated carbocycles. The minimum atomic E-state index is -0.00629. The predicted molar refractivity (Wildman–Crippen MR) is 97.3 cm³/mol. The van der Waals surface area contributed by atoms with Crippen molar-refractivity contribution in [1.29, 1.82) is 0 Å². The van der Waals surface area contributed by atoms with Crippen molar-refractivity contribution in [3.8, 4) is 0 Å². The summed E-state index contributed by atoms with van der Waals surface area (Å²) in [6, 6.07) is 9.42. The zero-order valence-electron chi connectivity index (χ0n) is 13.4. The number of allylic oxidation sites excluding steroid dienone is 1. The summed E-state index contributed by atoms with van der Waals surface area (Å²) in [7, 11) is 0. The summed E-state index contributed by atoms with van der Waals surface area (Å²) in [5.41, 5.74) is 9.80. The number of rotatable bonds is 3. The number of amides is 1. The molecule has 1 aliphatic rings. The number of nitrogens with one attached hydrogen (secondary N) is 2. The third-order valence-corrected chi connectivity index (χ3v) is 3.71. The number of pyridine rings is 1. The van der Waals surface area contributed by atoms with Crippen LogP contribution >= 0.6 is 0 Å². The first kappa shape index (κ1) is 15.7. The molecule has 3 rings (SSSR count). The minimum Gasteiger partial charge on any atom is -0.404 e. The van der Waals surface area contributed by atoms with Crippen molar-refractivity contribution in [3.63, 3.8) is 0 Å². The molecule has 1 aromatic heterocycles. The van der Waals surface area contributed by atoms with Crippen molar-refractivity contribution in [3.05, 3.63) is 54.5 Å². The molecule has 122 valence electrons. The van der Waals surface area contributed by atoms with Crippen LogP contribution in [-0.4, -0.2) is 23.1 Å². The summed E-state index contributed by atoms with van der Waals surface area (Å²) in [6.45, 7) is 1.97. The highest BCUT2D eigenvalue weighted by Gasteiger charge is 2.20. The lowest BCUT2D eigenvalue weighted by atomic mass is 10.0. The van der Waals surface area contributed by atoms with E-state index in [1.165, 1.54) is 6.20 Å². The summed E-state index contributed by atoms with van der Waals surface area (Å²) < 4.78 is 0. The highest BCUT2D eigenvalue weighted by atomic mass is 16.1. The number of hydrogen-bond acceptors (Lipinski definition) is 5. The van der Waals surface area contributed by atoms with E-state index in [4.69, 9.17) is 5.73 Å². The Hall–Kier alpha value is -3.15. The Morgan fingerprint density at radius 3 is 3.00 bits per heavy atom. The van der Waals surface area contributed by atoms with Crippen LogP contribution in [-0.2, 0) is 4.79 Å². The Morgan fingerprint density at radius 1 is 1.38 bits per heavy atom. The van der Waals surface area contributed by atoms with Crippen LogP contribution in [0.3, 0.4) is 0 Å². The summed E-state index contributed by atoms with van der Waals surface area (Å²) in [5.74, 6) is -0.00629. The van der Waals surface area contributed by atoms with E-state index in [0.717, 1.165) is 28.2 Å². The fraction of sp³-hybridized carbons (Fsp3) is 0.167. The Kier molecular flexibility index (Phi) is 4.56. The fourth-order valence-electron chi connectivity index (χ4n) is 2.61. The van der Waals surface area contributed by atoms with Crippen molar-refractivity contribution in [2.24, 2.45) is 10.7 Å². The number of carbonyl (C=O) groups excluding carboxylic acids is 1. The van der Waals surface area contributed by atoms with Gasteiger partial charge in [-0.15, -0.1) is 0 Å². The molecule has 2 aromatic rings. The molecule has 0 bridgehead atoms. The van der Waals surface area contributed by atoms with Crippen LogP contribution in [0.25, 0.3) is 5.57 Å². The SMILES string of the molecule is C[C@@H]1CC(=O)Nc2cccc(/C(C=Nc3cccnc3)=C/N)c2N1. The molecule has 2 heterocycles. The lowest BCUT2D eigenvalue weighted by molar-refractivity contribution is -0.116. The molecule has 6 heteroatoms. The van der Waals surface area contributed by atoms with Crippen molar-refractivity contribution < 1.29 is 4.79 Å². The maximum atomic E-state index is 11.9. The summed E-state index contributed by atoms with van der Waals surface area (Å²) in [4.78, 5) is 20.3. The predicted octanol–water partition coefficient (Wildman–Crippen LogP) is 2.93. The molecule has 0 aliphatic carbocycles. The molecule has 0 spiro atoms. The molecule has 1 aromatic carbocycles. The molecular weight excluding hydrogens is 302 g/mol. The third-order valence-electron chi connectivity index (χ3n) is 3.71. The number of aliphatic imine (C=N–C) groups is 1. The first-order valence-corrected chi connectivity index (χ1v) is 7.73. The van der Waals surface area contributed by atoms with Gasteiger partial charge in [0.15, 0.2) is 0 Å². The Labute approximate surface area is 140 Å². The van der Waals surface area contributed by atoms with Gasteiger partial charge in [-0.05, 0) is 25.1 Å². The number of fused-ring (bicyclic) bond motifs is 1. The van der Waals surface area contributed by atoms with E-state index in [0.29, 0.717) is 6.42 Å². The van der Waals surface area contributed by atoms with Gasteiger partial charge < -0.3 is 16.4 Å². The van der Waals surface area contributed by atoms with Crippen molar-refractivity contribution in [1.82, 2.24) is 4.98 Å². The second-order valence-electron chi connectivity index (χ2n) is 5.62. The monoisotopic (exact) mass is 321 g/mol. The zero-order chi connectivity index (χ0) is 16.9. The second-order valence-corrected chi connectivity index (χ2v) is 5.62. The molecule has 6 nitrogen and oxygen atoms in total. The lowest BCUT2D eigenvalue weighted by Crippen LogP contribution is -2.19. The van der Waals surface area contributed by atoms with E-state index in [1.807, 2.05) is 37.3 Å². The van der Waals surface area contributed by atoms with Gasteiger partial charge in [0.05, 0.1) is 23.3 Å². The normalized spacial score (nSPS) is 17.8. The molecule has 0 unspecified atom stereocenters. The molecule has 0 saturated heterocycles. The van der Waals surface area contributed by atoms with Gasteiger partial charge in [0.2, 0.25) is 5.91 Å². The largest absolute Gasteiger partial charge is 0.404 e. The van der Waals surface area contributed by atoms with Gasteiger partial charge in [0.25, 0.3) is 0 Å². The second kappa shape index (κ2) is 6.95. The van der Waals surface area contributed by atoms with E-state index in [9.17, 15) is 4.79 Å². The van der Waals surface area contributed by atoms with E-state index in [-0.39, 0.29) is 11.9 Å². The van der Waals surface area contributed by atoms with Crippen molar-refractivity contribution >= 4 is 34.8 Å². The topological polar surface area (TPSA) is 92.4 Å². The molecule has 1 aliphatic heterocycles. The summed E-state index contributed by atoms with van der Waals surface area (Å²) >= 11 is 0. The average Bonchev–Trinajstić information content (AvgIpc) is 2.73. The van der Waals surface area contributed by atoms with Crippen LogP contribution in [0.4, 0.5) is 17.1 Å². The quantitative estimate of drug-likeness (QED) is 0.758. The maximum Gasteiger partial charge on any atom is 0.226 e. The number of nitrogens with zero attached hydrogens (tertiary/aromatic N) is 2. The number of hydrogen-bond donors (Lipinski definition) is 3. The van der Waals surface area contributed by atoms with E-state index < -0.39 is 0 Å². The van der Waals surface area contributed by atoms with E-state index in [2.05, 4.69) is 20.6 Å². The van der Waals surface area contributed by atoms with Gasteiger partial charge in [-0.25, -0.2) is 0 Å². The Morgan fingerprint density at radius 2 is 2.25 bits per heavy atom. The highest BCUT2D eigenvalue weighted by Crippen LogP contribution is 2.33. The minimum absolute atomic E-state index is 0.00629. The average molecular weight is 321 g/mol. The van der Waals surface area contributed by atoms with Gasteiger partial charge in [-0.3, -0.25) is 14.8 Å². The Balaban J connectivity index is 1.98. The number of benzene rings is 1. The lowest BCUT2D eigenvalue weighted by Gasteiger charge is -2.16. The number of nitrogens with two attached hydrogens (primary N) is 1. The molecular formula is C18H19N5O. The van der Waals surface area contributed by atoms with E-state index in [1.54, 1.807) is 18.6 Å². The number of anilines is 2. The van der Waals surface area contributed by atoms with Crippen molar-refractivity contribution in [2.75, 3.05) is 10.6 Å². The molecule has 24 heavy (non-hydrogen) atoms. The highest BCUT2D eigenvalue weighted by molar-refractivity contribution is 6.14. The van der Waals surface area contributed by atoms with Crippen LogP contribution in [0.5, 0.6) is 0 Å². The summed E-state index contributed by atoms with van der Waals surface area (Å²) in [5, 5.41) is 6.30. The van der Waals surface area contributed by atoms with E-state index >= 15 is 0 Å². The van der Waals surface area contributed by atoms with Crippen LogP contribution < -0.4 is 16.4 Å². The van der Waals surface area contributed by atoms with Gasteiger partial charge in [-0.1, -0.05) is 12.1 Å².